The lowest BCUT2D eigenvalue weighted by atomic mass is 10.3. The summed E-state index contributed by atoms with van der Waals surface area (Å²) in [4.78, 5) is 3.96. The first-order valence-electron chi connectivity index (χ1n) is 2.94. The Bertz CT molecular complexity index is 224. The third-order valence-electron chi connectivity index (χ3n) is 1.21. The number of aromatic hydroxyl groups is 1. The zero-order chi connectivity index (χ0) is 8.27. The number of benzene rings is 1. The molecule has 5 heteroatoms. The van der Waals surface area contributed by atoms with Crippen molar-refractivity contribution in [1.82, 2.24) is 0 Å². The van der Waals surface area contributed by atoms with E-state index in [1.54, 1.807) is 0 Å². The van der Waals surface area contributed by atoms with Crippen molar-refractivity contribution >= 4 is 5.69 Å². The van der Waals surface area contributed by atoms with Crippen LogP contribution in [-0.2, 0) is 4.94 Å². The standard InChI is InChI=1S/C6H8N2O3/c7-11-8(10)5-1-3-6(9)4-2-5/h1-4,8-9H,7H2. The maximum Gasteiger partial charge on any atom is 0.165 e. The van der Waals surface area contributed by atoms with E-state index in [-0.39, 0.29) is 5.75 Å². The molecular formula is C6H8N2O3. The third kappa shape index (κ3) is 1.89. The first-order chi connectivity index (χ1) is 5.24. The lowest BCUT2D eigenvalue weighted by Gasteiger charge is -2.14. The van der Waals surface area contributed by atoms with E-state index in [0.717, 1.165) is 0 Å². The number of quaternary nitrogens is 1. The molecule has 0 amide bonds. The minimum absolute atomic E-state index is 0.0959. The fraction of sp³-hybridized carbons (Fsp3) is 0. The molecule has 0 aromatic heterocycles. The van der Waals surface area contributed by atoms with Crippen LogP contribution in [0.1, 0.15) is 0 Å². The lowest BCUT2D eigenvalue weighted by Crippen LogP contribution is -3.02. The van der Waals surface area contributed by atoms with E-state index in [9.17, 15) is 5.21 Å². The second kappa shape index (κ2) is 3.31. The molecule has 4 N–H and O–H groups in total. The number of rotatable bonds is 2. The predicted molar refractivity (Wildman–Crippen MR) is 37.4 cm³/mol. The van der Waals surface area contributed by atoms with Crippen molar-refractivity contribution in [2.45, 2.75) is 0 Å². The molecule has 0 saturated carbocycles. The SMILES string of the molecule is NO[NH+]([O-])c1ccc(O)cc1. The molecule has 0 heterocycles. The van der Waals surface area contributed by atoms with E-state index in [1.165, 1.54) is 24.3 Å². The summed E-state index contributed by atoms with van der Waals surface area (Å²) in [6.07, 6.45) is 0. The van der Waals surface area contributed by atoms with Gasteiger partial charge in [-0.25, -0.2) is 0 Å². The highest BCUT2D eigenvalue weighted by Crippen LogP contribution is 2.09. The Morgan fingerprint density at radius 1 is 1.36 bits per heavy atom. The van der Waals surface area contributed by atoms with Crippen molar-refractivity contribution in [2.75, 3.05) is 0 Å². The molecule has 60 valence electrons. The maximum atomic E-state index is 10.7. The number of phenols is 1. The van der Waals surface area contributed by atoms with Gasteiger partial charge in [-0.1, -0.05) is 0 Å². The molecule has 1 aromatic rings. The molecule has 11 heavy (non-hydrogen) atoms. The summed E-state index contributed by atoms with van der Waals surface area (Å²) in [5, 5.41) is 18.9. The van der Waals surface area contributed by atoms with E-state index in [4.69, 9.17) is 5.11 Å². The topological polar surface area (TPSA) is 83.0 Å². The summed E-state index contributed by atoms with van der Waals surface area (Å²) in [7, 11) is 0. The van der Waals surface area contributed by atoms with Gasteiger partial charge in [0, 0.05) is 12.1 Å². The molecule has 0 aliphatic carbocycles. The van der Waals surface area contributed by atoms with E-state index < -0.39 is 5.23 Å². The van der Waals surface area contributed by atoms with E-state index >= 15 is 0 Å². The summed E-state index contributed by atoms with van der Waals surface area (Å²) in [6.45, 7) is 0. The number of hydrogen-bond acceptors (Lipinski definition) is 4. The van der Waals surface area contributed by atoms with E-state index in [2.05, 4.69) is 10.8 Å². The first kappa shape index (κ1) is 7.96. The average molecular weight is 156 g/mol. The molecule has 0 aliphatic rings. The minimum atomic E-state index is -0.620. The fourth-order valence-corrected chi connectivity index (χ4v) is 0.666. The highest BCUT2D eigenvalue weighted by Gasteiger charge is 2.00. The van der Waals surface area contributed by atoms with Crippen LogP contribution in [0.15, 0.2) is 24.3 Å². The molecule has 0 spiro atoms. The van der Waals surface area contributed by atoms with Gasteiger partial charge in [0.15, 0.2) is 5.69 Å². The zero-order valence-electron chi connectivity index (χ0n) is 5.65. The second-order valence-electron chi connectivity index (χ2n) is 1.95. The summed E-state index contributed by atoms with van der Waals surface area (Å²) in [6, 6.07) is 5.60. The Kier molecular flexibility index (Phi) is 2.40. The van der Waals surface area contributed by atoms with Crippen LogP contribution in [0.4, 0.5) is 5.69 Å². The van der Waals surface area contributed by atoms with Crippen molar-refractivity contribution in [3.05, 3.63) is 29.5 Å². The van der Waals surface area contributed by atoms with Crippen molar-refractivity contribution in [2.24, 2.45) is 5.90 Å². The Hall–Kier alpha value is -1.14. The largest absolute Gasteiger partial charge is 0.593 e. The van der Waals surface area contributed by atoms with E-state index in [1.807, 2.05) is 0 Å². The Balaban J connectivity index is 2.81. The molecule has 5 nitrogen and oxygen atoms in total. The monoisotopic (exact) mass is 156 g/mol. The highest BCUT2D eigenvalue weighted by atomic mass is 16.9. The van der Waals surface area contributed by atoms with Gasteiger partial charge in [0.1, 0.15) is 5.75 Å². The highest BCUT2D eigenvalue weighted by molar-refractivity contribution is 5.34. The smallest absolute Gasteiger partial charge is 0.165 e. The summed E-state index contributed by atoms with van der Waals surface area (Å²) < 4.78 is 0. The summed E-state index contributed by atoms with van der Waals surface area (Å²) in [5.74, 6) is 4.73. The molecule has 0 bridgehead atoms. The van der Waals surface area contributed by atoms with Gasteiger partial charge in [0.05, 0.1) is 0 Å². The van der Waals surface area contributed by atoms with Crippen LogP contribution < -0.4 is 11.1 Å². The van der Waals surface area contributed by atoms with Crippen LogP contribution in [0.5, 0.6) is 5.75 Å². The Labute approximate surface area is 63.1 Å². The van der Waals surface area contributed by atoms with Crippen LogP contribution in [0.25, 0.3) is 0 Å². The third-order valence-corrected chi connectivity index (χ3v) is 1.21. The zero-order valence-corrected chi connectivity index (χ0v) is 5.65. The van der Waals surface area contributed by atoms with Gasteiger partial charge >= 0.3 is 0 Å². The van der Waals surface area contributed by atoms with Crippen LogP contribution in [0.2, 0.25) is 0 Å². The van der Waals surface area contributed by atoms with Crippen LogP contribution in [0.3, 0.4) is 0 Å². The molecule has 1 unspecified atom stereocenters. The van der Waals surface area contributed by atoms with Crippen LogP contribution >= 0.6 is 0 Å². The second-order valence-corrected chi connectivity index (χ2v) is 1.95. The van der Waals surface area contributed by atoms with E-state index in [0.29, 0.717) is 5.69 Å². The molecular weight excluding hydrogens is 148 g/mol. The lowest BCUT2D eigenvalue weighted by molar-refractivity contribution is -1.00. The quantitative estimate of drug-likeness (QED) is 0.387. The van der Waals surface area contributed by atoms with Gasteiger partial charge in [0.25, 0.3) is 0 Å². The number of hydrogen-bond donors (Lipinski definition) is 3. The van der Waals surface area contributed by atoms with Gasteiger partial charge in [-0.2, -0.15) is 11.1 Å². The average Bonchev–Trinajstić information content (AvgIpc) is 2.05. The van der Waals surface area contributed by atoms with Gasteiger partial charge in [-0.3, -0.25) is 0 Å². The van der Waals surface area contributed by atoms with Crippen LogP contribution in [0, 0.1) is 5.21 Å². The molecule has 0 aliphatic heterocycles. The number of phenolic OH excluding ortho intramolecular Hbond substituents is 1. The molecule has 1 aromatic carbocycles. The number of nitrogens with one attached hydrogen (secondary N) is 1. The molecule has 1 rings (SSSR count). The van der Waals surface area contributed by atoms with Crippen molar-refractivity contribution < 1.29 is 15.3 Å². The molecule has 0 radical (unpaired) electrons. The number of nitrogens with two attached hydrogens (primary N) is 1. The minimum Gasteiger partial charge on any atom is -0.593 e. The summed E-state index contributed by atoms with van der Waals surface area (Å²) in [5.41, 5.74) is 0.310. The predicted octanol–water partition coefficient (Wildman–Crippen LogP) is -0.788. The Morgan fingerprint density at radius 3 is 2.36 bits per heavy atom. The van der Waals surface area contributed by atoms with Gasteiger partial charge in [0.2, 0.25) is 0 Å². The normalized spacial score (nSPS) is 12.9. The van der Waals surface area contributed by atoms with Crippen molar-refractivity contribution in [3.8, 4) is 5.75 Å². The van der Waals surface area contributed by atoms with Gasteiger partial charge < -0.3 is 10.3 Å². The van der Waals surface area contributed by atoms with Gasteiger partial charge in [-0.05, 0) is 12.1 Å². The van der Waals surface area contributed by atoms with Crippen molar-refractivity contribution in [1.29, 1.82) is 0 Å². The van der Waals surface area contributed by atoms with Crippen molar-refractivity contribution in [3.63, 3.8) is 0 Å². The molecule has 1 atom stereocenters. The molecule has 0 fully saturated rings. The Morgan fingerprint density at radius 2 is 1.91 bits per heavy atom. The van der Waals surface area contributed by atoms with Gasteiger partial charge in [-0.15, -0.1) is 4.94 Å². The maximum absolute atomic E-state index is 10.7. The molecule has 0 saturated heterocycles. The first-order valence-corrected chi connectivity index (χ1v) is 2.94. The summed E-state index contributed by atoms with van der Waals surface area (Å²) >= 11 is 0. The fourth-order valence-electron chi connectivity index (χ4n) is 0.666. The van der Waals surface area contributed by atoms with Crippen LogP contribution in [-0.4, -0.2) is 5.11 Å².